The summed E-state index contributed by atoms with van der Waals surface area (Å²) >= 11 is 0. The lowest BCUT2D eigenvalue weighted by atomic mass is 10.7. The molecule has 0 saturated carbocycles. The van der Waals surface area contributed by atoms with E-state index >= 15 is 0 Å². The summed E-state index contributed by atoms with van der Waals surface area (Å²) in [5.41, 5.74) is 0. The molecule has 0 radical (unpaired) electrons. The highest BCUT2D eigenvalue weighted by atomic mass is 16.5. The summed E-state index contributed by atoms with van der Waals surface area (Å²) in [6.07, 6.45) is 4.86. The highest BCUT2D eigenvalue weighted by Crippen LogP contribution is 1.68. The van der Waals surface area contributed by atoms with Crippen molar-refractivity contribution in [2.45, 2.75) is 6.92 Å². The molecule has 0 atom stereocenters. The van der Waals surface area contributed by atoms with Crippen molar-refractivity contribution >= 4 is 6.40 Å². The summed E-state index contributed by atoms with van der Waals surface area (Å²) in [4.78, 5) is 3.68. The Labute approximate surface area is 43.5 Å². The molecule has 0 aromatic carbocycles. The number of nitrogens with zero attached hydrogens (tertiary/aromatic N) is 1. The van der Waals surface area contributed by atoms with Gasteiger partial charge in [0.05, 0.1) is 7.11 Å². The summed E-state index contributed by atoms with van der Waals surface area (Å²) in [5, 5.41) is 0. The zero-order chi connectivity index (χ0) is 5.54. The lowest BCUT2D eigenvalue weighted by Gasteiger charge is -1.78. The Morgan fingerprint density at radius 1 is 1.57 bits per heavy atom. The number of rotatable bonds is 2. The second-order valence-electron chi connectivity index (χ2n) is 0.973. The zero-order valence-electron chi connectivity index (χ0n) is 4.59. The SMILES string of the molecule is C/C=C/N=COC. The minimum Gasteiger partial charge on any atom is -0.486 e. The largest absolute Gasteiger partial charge is 0.486 e. The van der Waals surface area contributed by atoms with E-state index in [2.05, 4.69) is 9.73 Å². The van der Waals surface area contributed by atoms with Gasteiger partial charge in [0.25, 0.3) is 0 Å². The fourth-order valence-electron chi connectivity index (χ4n) is 0.182. The van der Waals surface area contributed by atoms with Crippen LogP contribution in [0.3, 0.4) is 0 Å². The summed E-state index contributed by atoms with van der Waals surface area (Å²) in [6.45, 7) is 1.90. The fourth-order valence-corrected chi connectivity index (χ4v) is 0.182. The molecular weight excluding hydrogens is 90.1 g/mol. The third-order valence-corrected chi connectivity index (χ3v) is 0.401. The Morgan fingerprint density at radius 3 is 2.71 bits per heavy atom. The highest BCUT2D eigenvalue weighted by molar-refractivity contribution is 5.46. The van der Waals surface area contributed by atoms with Crippen LogP contribution < -0.4 is 0 Å². The van der Waals surface area contributed by atoms with E-state index < -0.39 is 0 Å². The van der Waals surface area contributed by atoms with Gasteiger partial charge < -0.3 is 4.74 Å². The van der Waals surface area contributed by atoms with Gasteiger partial charge in [0.15, 0.2) is 6.40 Å². The number of hydrogen-bond acceptors (Lipinski definition) is 2. The number of aliphatic imine (C=N–C) groups is 1. The first-order valence-electron chi connectivity index (χ1n) is 2.07. The van der Waals surface area contributed by atoms with Crippen molar-refractivity contribution in [2.75, 3.05) is 7.11 Å². The molecule has 0 unspecified atom stereocenters. The van der Waals surface area contributed by atoms with Crippen LogP contribution in [0.15, 0.2) is 17.3 Å². The lowest BCUT2D eigenvalue weighted by molar-refractivity contribution is 0.423. The van der Waals surface area contributed by atoms with E-state index in [0.29, 0.717) is 0 Å². The predicted octanol–water partition coefficient (Wildman–Crippen LogP) is 1.19. The van der Waals surface area contributed by atoms with E-state index in [1.54, 1.807) is 13.3 Å². The lowest BCUT2D eigenvalue weighted by Crippen LogP contribution is -1.71. The van der Waals surface area contributed by atoms with Crippen molar-refractivity contribution < 1.29 is 4.74 Å². The van der Waals surface area contributed by atoms with E-state index in [9.17, 15) is 0 Å². The number of allylic oxidation sites excluding steroid dienone is 1. The van der Waals surface area contributed by atoms with Crippen molar-refractivity contribution in [2.24, 2.45) is 4.99 Å². The Balaban J connectivity index is 3.09. The Kier molecular flexibility index (Phi) is 4.62. The normalized spacial score (nSPS) is 11.1. The van der Waals surface area contributed by atoms with Gasteiger partial charge in [-0.1, -0.05) is 6.08 Å². The van der Waals surface area contributed by atoms with E-state index in [1.807, 2.05) is 13.0 Å². The molecule has 0 N–H and O–H groups in total. The molecule has 0 saturated heterocycles. The molecule has 0 amide bonds. The highest BCUT2D eigenvalue weighted by Gasteiger charge is 1.55. The van der Waals surface area contributed by atoms with Gasteiger partial charge in [-0.05, 0) is 6.92 Å². The summed E-state index contributed by atoms with van der Waals surface area (Å²) in [6, 6.07) is 0. The Hall–Kier alpha value is -0.790. The third-order valence-electron chi connectivity index (χ3n) is 0.401. The van der Waals surface area contributed by atoms with Crippen LogP contribution in [-0.4, -0.2) is 13.5 Å². The first-order valence-corrected chi connectivity index (χ1v) is 2.07. The van der Waals surface area contributed by atoms with Crippen molar-refractivity contribution in [1.29, 1.82) is 0 Å². The van der Waals surface area contributed by atoms with Gasteiger partial charge >= 0.3 is 0 Å². The molecule has 0 aromatic heterocycles. The van der Waals surface area contributed by atoms with Crippen LogP contribution >= 0.6 is 0 Å². The smallest absolute Gasteiger partial charge is 0.173 e. The number of methoxy groups -OCH3 is 1. The second kappa shape index (κ2) is 5.21. The van der Waals surface area contributed by atoms with Crippen LogP contribution in [0, 0.1) is 0 Å². The van der Waals surface area contributed by atoms with E-state index in [-0.39, 0.29) is 0 Å². The molecule has 40 valence electrons. The van der Waals surface area contributed by atoms with Crippen LogP contribution in [-0.2, 0) is 4.74 Å². The van der Waals surface area contributed by atoms with Crippen LogP contribution in [0.2, 0.25) is 0 Å². The molecule has 0 aliphatic carbocycles. The van der Waals surface area contributed by atoms with Crippen LogP contribution in [0.25, 0.3) is 0 Å². The quantitative estimate of drug-likeness (QED) is 0.376. The second-order valence-corrected chi connectivity index (χ2v) is 0.973. The molecular formula is C5H9NO. The molecule has 0 rings (SSSR count). The molecule has 0 aliphatic rings. The average Bonchev–Trinajstić information content (AvgIpc) is 1.69. The first kappa shape index (κ1) is 6.21. The Morgan fingerprint density at radius 2 is 2.29 bits per heavy atom. The van der Waals surface area contributed by atoms with E-state index in [1.165, 1.54) is 6.40 Å². The van der Waals surface area contributed by atoms with Crippen molar-refractivity contribution in [1.82, 2.24) is 0 Å². The minimum absolute atomic E-state index is 1.38. The molecule has 0 aromatic rings. The van der Waals surface area contributed by atoms with E-state index in [0.717, 1.165) is 0 Å². The van der Waals surface area contributed by atoms with Crippen LogP contribution in [0.5, 0.6) is 0 Å². The third kappa shape index (κ3) is 5.21. The summed E-state index contributed by atoms with van der Waals surface area (Å²) in [7, 11) is 1.56. The van der Waals surface area contributed by atoms with Gasteiger partial charge in [-0.3, -0.25) is 0 Å². The predicted molar refractivity (Wildman–Crippen MR) is 30.3 cm³/mol. The monoisotopic (exact) mass is 99.1 g/mol. The van der Waals surface area contributed by atoms with Gasteiger partial charge in [-0.25, -0.2) is 4.99 Å². The maximum Gasteiger partial charge on any atom is 0.173 e. The van der Waals surface area contributed by atoms with Gasteiger partial charge in [-0.2, -0.15) is 0 Å². The van der Waals surface area contributed by atoms with Crippen LogP contribution in [0.1, 0.15) is 6.92 Å². The van der Waals surface area contributed by atoms with Crippen molar-refractivity contribution in [3.63, 3.8) is 0 Å². The molecule has 7 heavy (non-hydrogen) atoms. The van der Waals surface area contributed by atoms with Crippen molar-refractivity contribution in [3.8, 4) is 0 Å². The van der Waals surface area contributed by atoms with Gasteiger partial charge in [-0.15, -0.1) is 0 Å². The maximum atomic E-state index is 4.50. The molecule has 0 heterocycles. The standard InChI is InChI=1S/C5H9NO/c1-3-4-6-5-7-2/h3-5H,1-2H3/b4-3+,6-5?. The van der Waals surface area contributed by atoms with Crippen molar-refractivity contribution in [3.05, 3.63) is 12.3 Å². The summed E-state index contributed by atoms with van der Waals surface area (Å²) in [5.74, 6) is 0. The number of ether oxygens (including phenoxy) is 1. The topological polar surface area (TPSA) is 21.6 Å². The van der Waals surface area contributed by atoms with E-state index in [4.69, 9.17) is 0 Å². The first-order chi connectivity index (χ1) is 3.41. The maximum absolute atomic E-state index is 4.50. The minimum atomic E-state index is 1.38. The summed E-state index contributed by atoms with van der Waals surface area (Å²) < 4.78 is 4.50. The van der Waals surface area contributed by atoms with Gasteiger partial charge in [0, 0.05) is 6.20 Å². The molecule has 2 heteroatoms. The molecule has 0 bridgehead atoms. The Bertz CT molecular complexity index is 76.1. The van der Waals surface area contributed by atoms with Crippen LogP contribution in [0.4, 0.5) is 0 Å². The van der Waals surface area contributed by atoms with Gasteiger partial charge in [0.2, 0.25) is 0 Å². The number of hydrogen-bond donors (Lipinski definition) is 0. The zero-order valence-corrected chi connectivity index (χ0v) is 4.59. The molecule has 0 spiro atoms. The molecule has 2 nitrogen and oxygen atoms in total. The molecule has 0 aliphatic heterocycles. The van der Waals surface area contributed by atoms with Gasteiger partial charge in [0.1, 0.15) is 0 Å². The molecule has 0 fully saturated rings. The average molecular weight is 99.1 g/mol. The fraction of sp³-hybridized carbons (Fsp3) is 0.400.